The second-order valence-electron chi connectivity index (χ2n) is 10.4. The molecule has 3 rings (SSSR count). The molecular formula is C27H38N4O6. The van der Waals surface area contributed by atoms with Gasteiger partial charge in [-0.05, 0) is 44.1 Å². The van der Waals surface area contributed by atoms with Crippen molar-refractivity contribution in [1.82, 2.24) is 20.9 Å². The van der Waals surface area contributed by atoms with Crippen LogP contribution in [0.3, 0.4) is 0 Å². The van der Waals surface area contributed by atoms with Crippen LogP contribution in [0.2, 0.25) is 0 Å². The van der Waals surface area contributed by atoms with Crippen LogP contribution >= 0.6 is 0 Å². The first-order valence-corrected chi connectivity index (χ1v) is 12.8. The summed E-state index contributed by atoms with van der Waals surface area (Å²) in [5.41, 5.74) is -0.405. The van der Waals surface area contributed by atoms with Crippen LogP contribution in [0.5, 0.6) is 0 Å². The third-order valence-electron chi connectivity index (χ3n) is 7.30. The van der Waals surface area contributed by atoms with Crippen LogP contribution in [0.15, 0.2) is 30.3 Å². The minimum Gasteiger partial charge on any atom is -0.467 e. The van der Waals surface area contributed by atoms with Gasteiger partial charge in [-0.25, -0.2) is 4.79 Å². The predicted molar refractivity (Wildman–Crippen MR) is 136 cm³/mol. The quantitative estimate of drug-likeness (QED) is 0.422. The number of rotatable bonds is 9. The van der Waals surface area contributed by atoms with Crippen molar-refractivity contribution in [2.24, 2.45) is 5.92 Å². The van der Waals surface area contributed by atoms with Crippen molar-refractivity contribution in [3.05, 3.63) is 35.9 Å². The monoisotopic (exact) mass is 514 g/mol. The Kier molecular flexibility index (Phi) is 8.94. The Bertz CT molecular complexity index is 1030. The van der Waals surface area contributed by atoms with Gasteiger partial charge in [-0.1, -0.05) is 44.2 Å². The number of benzene rings is 1. The molecule has 37 heavy (non-hydrogen) atoms. The van der Waals surface area contributed by atoms with E-state index >= 15 is 0 Å². The van der Waals surface area contributed by atoms with Gasteiger partial charge in [0, 0.05) is 19.4 Å². The number of hydrogen-bond acceptors (Lipinski definition) is 6. The third-order valence-corrected chi connectivity index (χ3v) is 7.30. The topological polar surface area (TPSA) is 134 Å². The van der Waals surface area contributed by atoms with E-state index in [2.05, 4.69) is 16.0 Å². The summed E-state index contributed by atoms with van der Waals surface area (Å²) in [4.78, 5) is 66.0. The van der Waals surface area contributed by atoms with E-state index < -0.39 is 41.4 Å². The summed E-state index contributed by atoms with van der Waals surface area (Å²) in [7, 11) is 1.27. The number of nitrogens with one attached hydrogen (secondary N) is 3. The molecule has 2 aliphatic rings. The standard InChI is InChI=1S/C27H38N4O6/c1-16(2)22(25(35)37-5)29-24(34)21-12-11-20-13-14-27(26(36)31(20)21,15-19-9-7-6-8-10-19)30-23(33)17(3)28-18(4)32/h6-10,16-17,20-22H,11-15H2,1-5H3,(H,28,32)(H,29,34)(H,30,33)/t17-,20+,21-,22-,27+/m0/s1. The molecule has 0 radical (unpaired) electrons. The average molecular weight is 515 g/mol. The average Bonchev–Trinajstić information content (AvgIpc) is 3.29. The highest BCUT2D eigenvalue weighted by Gasteiger charge is 2.54. The van der Waals surface area contributed by atoms with Crippen molar-refractivity contribution in [2.75, 3.05) is 7.11 Å². The van der Waals surface area contributed by atoms with Gasteiger partial charge in [0.1, 0.15) is 23.7 Å². The lowest BCUT2D eigenvalue weighted by Crippen LogP contribution is -2.68. The Morgan fingerprint density at radius 3 is 2.32 bits per heavy atom. The first-order valence-electron chi connectivity index (χ1n) is 12.8. The lowest BCUT2D eigenvalue weighted by atomic mass is 9.79. The van der Waals surface area contributed by atoms with Gasteiger partial charge in [-0.2, -0.15) is 0 Å². The summed E-state index contributed by atoms with van der Waals surface area (Å²) < 4.78 is 4.85. The first kappa shape index (κ1) is 28.1. The van der Waals surface area contributed by atoms with E-state index in [-0.39, 0.29) is 30.2 Å². The van der Waals surface area contributed by atoms with E-state index in [9.17, 15) is 24.0 Å². The summed E-state index contributed by atoms with van der Waals surface area (Å²) in [6, 6.07) is 6.84. The number of amides is 4. The molecule has 2 aliphatic heterocycles. The van der Waals surface area contributed by atoms with Crippen LogP contribution in [-0.2, 0) is 35.1 Å². The van der Waals surface area contributed by atoms with Crippen LogP contribution < -0.4 is 16.0 Å². The molecule has 5 atom stereocenters. The maximum absolute atomic E-state index is 14.2. The number of fused-ring (bicyclic) bond motifs is 1. The molecule has 1 aromatic rings. The zero-order valence-corrected chi connectivity index (χ0v) is 22.2. The predicted octanol–water partition coefficient (Wildman–Crippen LogP) is 1.08. The lowest BCUT2D eigenvalue weighted by molar-refractivity contribution is -0.153. The van der Waals surface area contributed by atoms with E-state index in [1.165, 1.54) is 14.0 Å². The van der Waals surface area contributed by atoms with E-state index in [4.69, 9.17) is 4.74 Å². The van der Waals surface area contributed by atoms with E-state index in [0.29, 0.717) is 25.7 Å². The highest BCUT2D eigenvalue weighted by Crippen LogP contribution is 2.38. The van der Waals surface area contributed by atoms with Crippen molar-refractivity contribution < 1.29 is 28.7 Å². The van der Waals surface area contributed by atoms with Crippen LogP contribution in [0.25, 0.3) is 0 Å². The molecule has 0 unspecified atom stereocenters. The molecule has 0 aliphatic carbocycles. The number of nitrogens with zero attached hydrogens (tertiary/aromatic N) is 1. The SMILES string of the molecule is COC(=O)[C@@H](NC(=O)[C@@H]1CC[C@@H]2CC[C@](Cc3ccccc3)(NC(=O)[C@H](C)NC(C)=O)C(=O)N21)C(C)C. The fourth-order valence-electron chi connectivity index (χ4n) is 5.36. The van der Waals surface area contributed by atoms with Crippen molar-refractivity contribution in [1.29, 1.82) is 0 Å². The van der Waals surface area contributed by atoms with Crippen LogP contribution in [-0.4, -0.2) is 71.3 Å². The third kappa shape index (κ3) is 6.29. The van der Waals surface area contributed by atoms with Gasteiger partial charge in [0.25, 0.3) is 0 Å². The zero-order valence-electron chi connectivity index (χ0n) is 22.2. The molecule has 202 valence electrons. The Labute approximate surface area is 217 Å². The van der Waals surface area contributed by atoms with Gasteiger partial charge in [0.05, 0.1) is 7.11 Å². The van der Waals surface area contributed by atoms with E-state index in [1.807, 2.05) is 44.2 Å². The molecule has 3 N–H and O–H groups in total. The van der Waals surface area contributed by atoms with E-state index in [1.54, 1.807) is 11.8 Å². The first-order chi connectivity index (χ1) is 17.5. The zero-order chi connectivity index (χ0) is 27.3. The number of piperidine rings is 1. The maximum atomic E-state index is 14.2. The second-order valence-corrected chi connectivity index (χ2v) is 10.4. The fourth-order valence-corrected chi connectivity index (χ4v) is 5.36. The minimum atomic E-state index is -1.27. The summed E-state index contributed by atoms with van der Waals surface area (Å²) in [5, 5.41) is 8.29. The summed E-state index contributed by atoms with van der Waals surface area (Å²) in [6.45, 7) is 6.50. The molecule has 4 amide bonds. The van der Waals surface area contributed by atoms with Gasteiger partial charge < -0.3 is 25.6 Å². The normalized spacial score (nSPS) is 24.6. The van der Waals surface area contributed by atoms with Crippen molar-refractivity contribution in [3.8, 4) is 0 Å². The smallest absolute Gasteiger partial charge is 0.328 e. The molecule has 10 heteroatoms. The number of ether oxygens (including phenoxy) is 1. The molecular weight excluding hydrogens is 476 g/mol. The van der Waals surface area contributed by atoms with Gasteiger partial charge in [0.2, 0.25) is 23.6 Å². The Hall–Kier alpha value is -3.43. The van der Waals surface area contributed by atoms with Gasteiger partial charge in [0.15, 0.2) is 0 Å². The van der Waals surface area contributed by atoms with Gasteiger partial charge in [-0.15, -0.1) is 0 Å². The number of esters is 1. The highest BCUT2D eigenvalue weighted by atomic mass is 16.5. The van der Waals surface area contributed by atoms with Crippen molar-refractivity contribution in [3.63, 3.8) is 0 Å². The highest BCUT2D eigenvalue weighted by molar-refractivity contribution is 5.98. The molecule has 0 spiro atoms. The van der Waals surface area contributed by atoms with E-state index in [0.717, 1.165) is 5.56 Å². The second kappa shape index (κ2) is 11.7. The number of carbonyl (C=O) groups excluding carboxylic acids is 5. The molecule has 10 nitrogen and oxygen atoms in total. The molecule has 0 bridgehead atoms. The fraction of sp³-hybridized carbons (Fsp3) is 0.593. The van der Waals surface area contributed by atoms with Crippen molar-refractivity contribution in [2.45, 2.75) is 89.5 Å². The van der Waals surface area contributed by atoms with Gasteiger partial charge >= 0.3 is 5.97 Å². The number of carbonyl (C=O) groups is 5. The van der Waals surface area contributed by atoms with Crippen LogP contribution in [0.4, 0.5) is 0 Å². The molecule has 1 aromatic carbocycles. The number of hydrogen-bond donors (Lipinski definition) is 3. The van der Waals surface area contributed by atoms with Gasteiger partial charge in [-0.3, -0.25) is 19.2 Å². The van der Waals surface area contributed by atoms with Crippen molar-refractivity contribution >= 4 is 29.6 Å². The molecule has 2 heterocycles. The van der Waals surface area contributed by atoms with Crippen LogP contribution in [0.1, 0.15) is 58.9 Å². The summed E-state index contributed by atoms with van der Waals surface area (Å²) >= 11 is 0. The molecule has 0 aromatic heterocycles. The maximum Gasteiger partial charge on any atom is 0.328 e. The summed E-state index contributed by atoms with van der Waals surface area (Å²) in [6.07, 6.45) is 2.39. The van der Waals surface area contributed by atoms with Crippen LogP contribution in [0, 0.1) is 5.92 Å². The Balaban J connectivity index is 1.90. The lowest BCUT2D eigenvalue weighted by Gasteiger charge is -2.46. The molecule has 0 saturated carbocycles. The largest absolute Gasteiger partial charge is 0.467 e. The molecule has 2 fully saturated rings. The summed E-state index contributed by atoms with van der Waals surface area (Å²) in [5.74, 6) is -2.29. The minimum absolute atomic E-state index is 0.132. The number of methoxy groups -OCH3 is 1. The molecule has 2 saturated heterocycles. The Morgan fingerprint density at radius 2 is 1.73 bits per heavy atom. The Morgan fingerprint density at radius 1 is 1.05 bits per heavy atom.